The van der Waals surface area contributed by atoms with Crippen molar-refractivity contribution >= 4 is 12.4 Å². The van der Waals surface area contributed by atoms with Gasteiger partial charge in [0.1, 0.15) is 0 Å². The molecule has 0 bridgehead atoms. The quantitative estimate of drug-likeness (QED) is 0.782. The van der Waals surface area contributed by atoms with Gasteiger partial charge in [-0.25, -0.2) is 4.68 Å². The molecule has 0 amide bonds. The molecule has 156 valence electrons. The lowest BCUT2D eigenvalue weighted by molar-refractivity contribution is -0.154. The molecule has 1 aromatic carbocycles. The molecule has 1 saturated heterocycles. The molecule has 0 saturated carbocycles. The highest BCUT2D eigenvalue weighted by Gasteiger charge is 2.34. The molecule has 0 spiro atoms. The van der Waals surface area contributed by atoms with Gasteiger partial charge in [-0.1, -0.05) is 30.3 Å². The summed E-state index contributed by atoms with van der Waals surface area (Å²) in [6, 6.07) is 10.2. The van der Waals surface area contributed by atoms with Crippen LogP contribution in [0.4, 0.5) is 13.2 Å². The van der Waals surface area contributed by atoms with Crippen LogP contribution in [0.25, 0.3) is 0 Å². The average molecular weight is 419 g/mol. The summed E-state index contributed by atoms with van der Waals surface area (Å²) in [5.74, 6) is 0.800. The van der Waals surface area contributed by atoms with E-state index in [0.717, 1.165) is 13.1 Å². The fourth-order valence-corrected chi connectivity index (χ4v) is 3.82. The van der Waals surface area contributed by atoms with Crippen molar-refractivity contribution in [3.05, 3.63) is 47.2 Å². The maximum atomic E-state index is 12.6. The van der Waals surface area contributed by atoms with E-state index in [2.05, 4.69) is 22.1 Å². The number of nitrogens with zero attached hydrogens (tertiary/aromatic N) is 3. The number of rotatable bonds is 6. The largest absolute Gasteiger partial charge is 0.468 e. The molecule has 9 heteroatoms. The van der Waals surface area contributed by atoms with Gasteiger partial charge in [-0.3, -0.25) is 4.90 Å². The molecular weight excluding hydrogens is 393 g/mol. The molecule has 5 nitrogen and oxygen atoms in total. The number of aryl methyl sites for hydroxylation is 2. The van der Waals surface area contributed by atoms with Crippen molar-refractivity contribution < 1.29 is 17.9 Å². The number of benzene rings is 1. The number of aromatic nitrogens is 2. The SMILES string of the molecule is Cc1nn(C)c(OCC(F)(F)F)c1CN1C[C@@H](CN)[C@H](c2ccccc2)C1.Cl. The van der Waals surface area contributed by atoms with Crippen molar-refractivity contribution in [1.29, 1.82) is 0 Å². The summed E-state index contributed by atoms with van der Waals surface area (Å²) in [6.07, 6.45) is -4.38. The van der Waals surface area contributed by atoms with Gasteiger partial charge < -0.3 is 10.5 Å². The van der Waals surface area contributed by atoms with E-state index in [-0.39, 0.29) is 18.3 Å². The van der Waals surface area contributed by atoms with Crippen LogP contribution in [0, 0.1) is 12.8 Å². The monoisotopic (exact) mass is 418 g/mol. The molecule has 3 rings (SSSR count). The fourth-order valence-electron chi connectivity index (χ4n) is 3.82. The Morgan fingerprint density at radius 3 is 2.50 bits per heavy atom. The summed E-state index contributed by atoms with van der Waals surface area (Å²) >= 11 is 0. The molecule has 1 aliphatic rings. The van der Waals surface area contributed by atoms with Gasteiger partial charge in [0.25, 0.3) is 0 Å². The Hall–Kier alpha value is -1.77. The van der Waals surface area contributed by atoms with Crippen LogP contribution >= 0.6 is 12.4 Å². The lowest BCUT2D eigenvalue weighted by Gasteiger charge is -2.18. The van der Waals surface area contributed by atoms with Crippen LogP contribution in [0.15, 0.2) is 30.3 Å². The second-order valence-corrected chi connectivity index (χ2v) is 7.10. The highest BCUT2D eigenvalue weighted by Crippen LogP contribution is 2.34. The number of ether oxygens (including phenoxy) is 1. The number of hydrogen-bond donors (Lipinski definition) is 1. The van der Waals surface area contributed by atoms with Crippen molar-refractivity contribution in [3.8, 4) is 5.88 Å². The predicted octanol–water partition coefficient (Wildman–Crippen LogP) is 3.27. The zero-order valence-electron chi connectivity index (χ0n) is 15.9. The van der Waals surface area contributed by atoms with E-state index in [4.69, 9.17) is 10.5 Å². The maximum Gasteiger partial charge on any atom is 0.422 e. The van der Waals surface area contributed by atoms with Gasteiger partial charge in [0.05, 0.1) is 11.3 Å². The first-order valence-corrected chi connectivity index (χ1v) is 8.98. The van der Waals surface area contributed by atoms with Gasteiger partial charge in [0.2, 0.25) is 5.88 Å². The molecule has 28 heavy (non-hydrogen) atoms. The van der Waals surface area contributed by atoms with E-state index >= 15 is 0 Å². The van der Waals surface area contributed by atoms with Gasteiger partial charge >= 0.3 is 6.18 Å². The third-order valence-corrected chi connectivity index (χ3v) is 5.09. The van der Waals surface area contributed by atoms with E-state index in [9.17, 15) is 13.2 Å². The average Bonchev–Trinajstić information content (AvgIpc) is 3.14. The van der Waals surface area contributed by atoms with Crippen LogP contribution in [-0.2, 0) is 13.6 Å². The molecule has 0 radical (unpaired) electrons. The molecule has 2 N–H and O–H groups in total. The van der Waals surface area contributed by atoms with Crippen LogP contribution in [0.1, 0.15) is 22.7 Å². The summed E-state index contributed by atoms with van der Waals surface area (Å²) in [5.41, 5.74) is 8.61. The van der Waals surface area contributed by atoms with Crippen LogP contribution in [0.5, 0.6) is 5.88 Å². The fraction of sp³-hybridized carbons (Fsp3) is 0.526. The van der Waals surface area contributed by atoms with Crippen molar-refractivity contribution in [1.82, 2.24) is 14.7 Å². The molecule has 1 aliphatic heterocycles. The Balaban J connectivity index is 0.00000280. The minimum absolute atomic E-state index is 0. The summed E-state index contributed by atoms with van der Waals surface area (Å²) in [6.45, 7) is 3.13. The summed E-state index contributed by atoms with van der Waals surface area (Å²) in [4.78, 5) is 2.22. The minimum atomic E-state index is -4.38. The van der Waals surface area contributed by atoms with Gasteiger partial charge in [-0.05, 0) is 24.9 Å². The Morgan fingerprint density at radius 1 is 1.21 bits per heavy atom. The molecule has 2 atom stereocenters. The Kier molecular flexibility index (Phi) is 7.36. The Morgan fingerprint density at radius 2 is 1.89 bits per heavy atom. The van der Waals surface area contributed by atoms with Gasteiger partial charge in [0, 0.05) is 32.6 Å². The highest BCUT2D eigenvalue weighted by molar-refractivity contribution is 5.85. The zero-order chi connectivity index (χ0) is 19.6. The van der Waals surface area contributed by atoms with Crippen molar-refractivity contribution in [2.24, 2.45) is 18.7 Å². The van der Waals surface area contributed by atoms with E-state index in [1.54, 1.807) is 14.0 Å². The standard InChI is InChI=1S/C19H25F3N4O.ClH/c1-13-16(18(25(2)24-13)27-12-19(20,21)22)10-26-9-15(8-23)17(11-26)14-6-4-3-5-7-14;/h3-7,15,17H,8-12,23H2,1-2H3;1H/t15-,17+;/m1./s1. The number of likely N-dealkylation sites (tertiary alicyclic amines) is 1. The first kappa shape index (κ1) is 22.5. The van der Waals surface area contributed by atoms with E-state index in [1.165, 1.54) is 10.2 Å². The first-order valence-electron chi connectivity index (χ1n) is 8.98. The number of alkyl halides is 3. The van der Waals surface area contributed by atoms with Crippen molar-refractivity contribution in [3.63, 3.8) is 0 Å². The summed E-state index contributed by atoms with van der Waals surface area (Å²) < 4.78 is 44.1. The smallest absolute Gasteiger partial charge is 0.422 e. The maximum absolute atomic E-state index is 12.6. The highest BCUT2D eigenvalue weighted by atomic mass is 35.5. The second-order valence-electron chi connectivity index (χ2n) is 7.10. The molecule has 1 aromatic heterocycles. The van der Waals surface area contributed by atoms with Gasteiger partial charge in [0.15, 0.2) is 6.61 Å². The van der Waals surface area contributed by atoms with Crippen molar-refractivity contribution in [2.75, 3.05) is 26.2 Å². The molecule has 0 unspecified atom stereocenters. The predicted molar refractivity (Wildman–Crippen MR) is 104 cm³/mol. The molecule has 2 heterocycles. The normalized spacial score (nSPS) is 20.2. The minimum Gasteiger partial charge on any atom is -0.468 e. The van der Waals surface area contributed by atoms with Crippen molar-refractivity contribution in [2.45, 2.75) is 25.6 Å². The third kappa shape index (κ3) is 5.18. The number of halogens is 4. The summed E-state index contributed by atoms with van der Waals surface area (Å²) in [7, 11) is 1.60. The Bertz CT molecular complexity index is 767. The molecule has 1 fully saturated rings. The van der Waals surface area contributed by atoms with E-state index in [0.29, 0.717) is 36.2 Å². The zero-order valence-corrected chi connectivity index (χ0v) is 16.8. The molecular formula is C19H26ClF3N4O. The third-order valence-electron chi connectivity index (χ3n) is 5.09. The van der Waals surface area contributed by atoms with Crippen LogP contribution < -0.4 is 10.5 Å². The van der Waals surface area contributed by atoms with E-state index < -0.39 is 12.8 Å². The topological polar surface area (TPSA) is 56.3 Å². The molecule has 0 aliphatic carbocycles. The lowest BCUT2D eigenvalue weighted by atomic mass is 9.89. The summed E-state index contributed by atoms with van der Waals surface area (Å²) in [5, 5.41) is 4.24. The number of hydrogen-bond acceptors (Lipinski definition) is 4. The Labute approximate surface area is 169 Å². The molecule has 2 aromatic rings. The van der Waals surface area contributed by atoms with E-state index in [1.807, 2.05) is 18.2 Å². The van der Waals surface area contributed by atoms with Crippen LogP contribution in [0.3, 0.4) is 0 Å². The van der Waals surface area contributed by atoms with Crippen LogP contribution in [0.2, 0.25) is 0 Å². The lowest BCUT2D eigenvalue weighted by Crippen LogP contribution is -2.24. The second kappa shape index (κ2) is 9.15. The van der Waals surface area contributed by atoms with Crippen LogP contribution in [-0.4, -0.2) is 47.1 Å². The van der Waals surface area contributed by atoms with Gasteiger partial charge in [-0.2, -0.15) is 18.3 Å². The first-order chi connectivity index (χ1) is 12.8. The number of nitrogens with two attached hydrogens (primary N) is 1. The van der Waals surface area contributed by atoms with Gasteiger partial charge in [-0.15, -0.1) is 12.4 Å².